The molecule has 2 aliphatic rings. The van der Waals surface area contributed by atoms with Gasteiger partial charge in [0, 0.05) is 24.5 Å². The number of carbonyl (C=O) groups excluding carboxylic acids is 1. The van der Waals surface area contributed by atoms with E-state index in [1.165, 1.54) is 0 Å². The maximum atomic E-state index is 14.6. The highest BCUT2D eigenvalue weighted by atomic mass is 16.3. The molecule has 0 spiro atoms. The van der Waals surface area contributed by atoms with Gasteiger partial charge in [-0.25, -0.2) is 4.79 Å². The van der Waals surface area contributed by atoms with Crippen LogP contribution >= 0.6 is 0 Å². The van der Waals surface area contributed by atoms with E-state index >= 15 is 0 Å². The molecule has 7 heteroatoms. The zero-order chi connectivity index (χ0) is 28.1. The number of anilines is 1. The number of nitrogens with two attached hydrogens (primary N) is 2. The summed E-state index contributed by atoms with van der Waals surface area (Å²) in [6, 6.07) is 25.5. The van der Waals surface area contributed by atoms with Gasteiger partial charge in [0.1, 0.15) is 12.2 Å². The van der Waals surface area contributed by atoms with Crippen molar-refractivity contribution in [2.24, 2.45) is 5.73 Å². The maximum Gasteiger partial charge on any atom is 0.321 e. The molecule has 1 aliphatic carbocycles. The van der Waals surface area contributed by atoms with Gasteiger partial charge in [0.25, 0.3) is 0 Å². The fourth-order valence-corrected chi connectivity index (χ4v) is 5.84. The Morgan fingerprint density at radius 1 is 0.725 bits per heavy atom. The summed E-state index contributed by atoms with van der Waals surface area (Å²) in [4.78, 5) is 18.1. The highest BCUT2D eigenvalue weighted by Crippen LogP contribution is 2.30. The van der Waals surface area contributed by atoms with E-state index in [4.69, 9.17) is 11.5 Å². The zero-order valence-corrected chi connectivity index (χ0v) is 22.6. The molecule has 1 heterocycles. The van der Waals surface area contributed by atoms with E-state index in [9.17, 15) is 15.0 Å². The predicted molar refractivity (Wildman–Crippen MR) is 158 cm³/mol. The first kappa shape index (κ1) is 27.5. The molecule has 5 rings (SSSR count). The highest BCUT2D eigenvalue weighted by Gasteiger charge is 2.46. The number of aliphatic hydroxyl groups is 2. The van der Waals surface area contributed by atoms with Crippen LogP contribution in [-0.2, 0) is 19.4 Å². The van der Waals surface area contributed by atoms with E-state index in [1.807, 2.05) is 97.1 Å². The minimum atomic E-state index is -1.17. The maximum absolute atomic E-state index is 14.6. The van der Waals surface area contributed by atoms with Gasteiger partial charge in [-0.3, -0.25) is 0 Å². The molecule has 0 radical (unpaired) electrons. The summed E-state index contributed by atoms with van der Waals surface area (Å²) < 4.78 is 0. The van der Waals surface area contributed by atoms with Crippen LogP contribution < -0.4 is 11.5 Å². The summed E-state index contributed by atoms with van der Waals surface area (Å²) in [6.45, 7) is 0.570. The van der Waals surface area contributed by atoms with Gasteiger partial charge in [-0.1, -0.05) is 78.9 Å². The first-order valence-electron chi connectivity index (χ1n) is 13.9. The molecule has 4 atom stereocenters. The van der Waals surface area contributed by atoms with Gasteiger partial charge in [-0.15, -0.1) is 0 Å². The Labute approximate surface area is 236 Å². The number of amides is 2. The minimum absolute atomic E-state index is 0.228. The normalized spacial score (nSPS) is 23.4. The van der Waals surface area contributed by atoms with Gasteiger partial charge >= 0.3 is 6.03 Å². The van der Waals surface area contributed by atoms with Crippen LogP contribution in [-0.4, -0.2) is 56.9 Å². The van der Waals surface area contributed by atoms with Crippen molar-refractivity contribution in [1.29, 1.82) is 0 Å². The molecule has 40 heavy (non-hydrogen) atoms. The molecule has 2 amide bonds. The van der Waals surface area contributed by atoms with Crippen LogP contribution in [0, 0.1) is 0 Å². The van der Waals surface area contributed by atoms with Crippen LogP contribution in [0.1, 0.15) is 29.5 Å². The summed E-state index contributed by atoms with van der Waals surface area (Å²) in [7, 11) is 0. The first-order chi connectivity index (χ1) is 19.4. The number of aliphatic hydroxyl groups excluding tert-OH is 2. The van der Waals surface area contributed by atoms with Crippen molar-refractivity contribution in [3.63, 3.8) is 0 Å². The third kappa shape index (κ3) is 6.38. The summed E-state index contributed by atoms with van der Waals surface area (Å²) >= 11 is 0. The number of hydrogen-bond donors (Lipinski definition) is 4. The summed E-state index contributed by atoms with van der Waals surface area (Å²) in [5.41, 5.74) is 17.3. The monoisotopic (exact) mass is 538 g/mol. The largest absolute Gasteiger partial charge is 0.399 e. The number of benzene rings is 3. The van der Waals surface area contributed by atoms with Crippen molar-refractivity contribution in [1.82, 2.24) is 9.80 Å². The van der Waals surface area contributed by atoms with Crippen molar-refractivity contribution < 1.29 is 15.0 Å². The third-order valence-electron chi connectivity index (χ3n) is 7.90. The topological polar surface area (TPSA) is 116 Å². The quantitative estimate of drug-likeness (QED) is 0.324. The van der Waals surface area contributed by atoms with E-state index in [0.717, 1.165) is 35.1 Å². The second-order valence-electron chi connectivity index (χ2n) is 10.8. The number of carbonyl (C=O) groups is 1. The van der Waals surface area contributed by atoms with Crippen molar-refractivity contribution >= 4 is 11.7 Å². The molecule has 1 saturated heterocycles. The number of rotatable bonds is 8. The van der Waals surface area contributed by atoms with E-state index in [2.05, 4.69) is 0 Å². The molecule has 3 aromatic rings. The van der Waals surface area contributed by atoms with E-state index in [-0.39, 0.29) is 12.6 Å². The van der Waals surface area contributed by atoms with Crippen molar-refractivity contribution in [3.05, 3.63) is 125 Å². The van der Waals surface area contributed by atoms with E-state index < -0.39 is 24.3 Å². The lowest BCUT2D eigenvalue weighted by molar-refractivity contribution is -0.0395. The first-order valence-corrected chi connectivity index (χ1v) is 13.9. The molecule has 4 unspecified atom stereocenters. The Kier molecular flexibility index (Phi) is 8.53. The molecule has 0 aromatic heterocycles. The number of urea groups is 1. The van der Waals surface area contributed by atoms with Crippen LogP contribution in [0.25, 0.3) is 0 Å². The van der Waals surface area contributed by atoms with Crippen LogP contribution in [0.2, 0.25) is 0 Å². The minimum Gasteiger partial charge on any atom is -0.399 e. The number of hydrogen-bond acceptors (Lipinski definition) is 5. The van der Waals surface area contributed by atoms with Gasteiger partial charge in [0.15, 0.2) is 0 Å². The van der Waals surface area contributed by atoms with Crippen LogP contribution in [0.3, 0.4) is 0 Å². The molecule has 0 bridgehead atoms. The number of allylic oxidation sites excluding steroid dienone is 2. The Balaban J connectivity index is 1.57. The lowest BCUT2D eigenvalue weighted by Crippen LogP contribution is -2.51. The molecule has 0 saturated carbocycles. The average Bonchev–Trinajstić information content (AvgIpc) is 3.02. The van der Waals surface area contributed by atoms with E-state index in [0.29, 0.717) is 30.8 Å². The van der Waals surface area contributed by atoms with E-state index in [1.54, 1.807) is 9.80 Å². The van der Waals surface area contributed by atoms with Gasteiger partial charge in [0.2, 0.25) is 0 Å². The average molecular weight is 539 g/mol. The Morgan fingerprint density at radius 2 is 1.27 bits per heavy atom. The smallest absolute Gasteiger partial charge is 0.321 e. The molecule has 6 N–H and O–H groups in total. The lowest BCUT2D eigenvalue weighted by Gasteiger charge is -2.36. The van der Waals surface area contributed by atoms with Crippen LogP contribution in [0.15, 0.2) is 108 Å². The molecular formula is C33H38N4O3. The molecule has 7 nitrogen and oxygen atoms in total. The molecule has 208 valence electrons. The van der Waals surface area contributed by atoms with Gasteiger partial charge < -0.3 is 31.5 Å². The zero-order valence-electron chi connectivity index (χ0n) is 22.6. The molecule has 3 aromatic carbocycles. The molecule has 1 fully saturated rings. The Morgan fingerprint density at radius 3 is 1.82 bits per heavy atom. The van der Waals surface area contributed by atoms with Crippen molar-refractivity contribution in [2.45, 2.75) is 56.5 Å². The van der Waals surface area contributed by atoms with Gasteiger partial charge in [-0.05, 0) is 66.2 Å². The summed E-state index contributed by atoms with van der Waals surface area (Å²) in [5, 5.41) is 23.6. The lowest BCUT2D eigenvalue weighted by atomic mass is 9.90. The number of nitrogen functional groups attached to an aromatic ring is 1. The summed E-state index contributed by atoms with van der Waals surface area (Å²) in [6.07, 6.45) is 3.96. The van der Waals surface area contributed by atoms with Gasteiger partial charge in [-0.2, -0.15) is 0 Å². The number of nitrogens with zero attached hydrogens (tertiary/aromatic N) is 2. The predicted octanol–water partition coefficient (Wildman–Crippen LogP) is 4.01. The van der Waals surface area contributed by atoms with Gasteiger partial charge in [0.05, 0.1) is 12.1 Å². The summed E-state index contributed by atoms with van der Waals surface area (Å²) in [5.74, 6) is 0. The Bertz CT molecular complexity index is 1360. The van der Waals surface area contributed by atoms with Crippen LogP contribution in [0.4, 0.5) is 10.5 Å². The molecule has 1 aliphatic heterocycles. The third-order valence-corrected chi connectivity index (χ3v) is 7.90. The Hall–Kier alpha value is -4.07. The molecular weight excluding hydrogens is 500 g/mol. The second-order valence-corrected chi connectivity index (χ2v) is 10.8. The fraction of sp³-hybridized carbons (Fsp3) is 0.303. The second kappa shape index (κ2) is 12.4. The van der Waals surface area contributed by atoms with Crippen molar-refractivity contribution in [2.75, 3.05) is 12.3 Å². The highest BCUT2D eigenvalue weighted by molar-refractivity contribution is 5.76. The fourth-order valence-electron chi connectivity index (χ4n) is 5.84. The SMILES string of the molecule is NC1=CCCC(CN2C(=O)N(Cc3cccc(N)c3)C(Cc3ccccc3)C(O)C(O)C2Cc2ccccc2)=C1. The van der Waals surface area contributed by atoms with Crippen LogP contribution in [0.5, 0.6) is 0 Å². The standard InChI is InChI=1S/C33H38N4O3/c34-27-15-7-13-25(17-27)21-36-29(19-23-9-3-1-4-10-23)31(38)32(39)30(20-24-11-5-2-6-12-24)37(33(36)40)22-26-14-8-16-28(35)18-26/h1-7,9-13,15-18,29-32,38-39H,8,14,19-22,34-35H2. The van der Waals surface area contributed by atoms with Crippen molar-refractivity contribution in [3.8, 4) is 0 Å².